The summed E-state index contributed by atoms with van der Waals surface area (Å²) < 4.78 is 37.1. The van der Waals surface area contributed by atoms with E-state index in [1.807, 2.05) is 17.3 Å². The van der Waals surface area contributed by atoms with Crippen molar-refractivity contribution in [2.45, 2.75) is 37.9 Å². The molecule has 0 spiro atoms. The van der Waals surface area contributed by atoms with Crippen LogP contribution in [-0.2, 0) is 0 Å². The Balaban J connectivity index is 2.33. The van der Waals surface area contributed by atoms with Gasteiger partial charge >= 0.3 is 6.18 Å². The van der Waals surface area contributed by atoms with E-state index < -0.39 is 18.6 Å². The van der Waals surface area contributed by atoms with Gasteiger partial charge in [-0.3, -0.25) is 4.79 Å². The van der Waals surface area contributed by atoms with Crippen LogP contribution in [-0.4, -0.2) is 38.8 Å². The molecule has 0 aliphatic heterocycles. The number of alkyl halides is 3. The van der Waals surface area contributed by atoms with Gasteiger partial charge in [-0.25, -0.2) is 0 Å². The number of nitrogen functional groups attached to an aromatic ring is 1. The quantitative estimate of drug-likeness (QED) is 0.718. The third-order valence-electron chi connectivity index (χ3n) is 4.38. The molecular weight excluding hydrogens is 321 g/mol. The van der Waals surface area contributed by atoms with Gasteiger partial charge < -0.3 is 21.3 Å². The Labute approximate surface area is 139 Å². The summed E-state index contributed by atoms with van der Waals surface area (Å²) in [6.07, 6.45) is -0.237. The van der Waals surface area contributed by atoms with Crippen LogP contribution in [0.5, 0.6) is 0 Å². The van der Waals surface area contributed by atoms with Crippen molar-refractivity contribution in [2.75, 3.05) is 36.6 Å². The molecule has 0 unspecified atom stereocenters. The minimum absolute atomic E-state index is 0.158. The smallest absolute Gasteiger partial charge is 0.397 e. The monoisotopic (exact) mass is 344 g/mol. The van der Waals surface area contributed by atoms with Crippen LogP contribution < -0.4 is 21.3 Å². The summed E-state index contributed by atoms with van der Waals surface area (Å²) in [7, 11) is 3.57. The number of halogens is 3. The number of hydrogen-bond acceptors (Lipinski definition) is 4. The van der Waals surface area contributed by atoms with Gasteiger partial charge in [0.05, 0.1) is 22.6 Å². The van der Waals surface area contributed by atoms with Gasteiger partial charge in [0.1, 0.15) is 6.54 Å². The highest BCUT2D eigenvalue weighted by molar-refractivity contribution is 6.02. The normalized spacial score (nSPS) is 15.4. The van der Waals surface area contributed by atoms with Crippen molar-refractivity contribution in [1.82, 2.24) is 5.32 Å². The maximum absolute atomic E-state index is 12.4. The van der Waals surface area contributed by atoms with Gasteiger partial charge in [-0.15, -0.1) is 0 Å². The Morgan fingerprint density at radius 1 is 1.33 bits per heavy atom. The summed E-state index contributed by atoms with van der Waals surface area (Å²) in [6.45, 7) is -1.37. The van der Waals surface area contributed by atoms with Crippen molar-refractivity contribution >= 4 is 23.0 Å². The second-order valence-electron chi connectivity index (χ2n) is 6.05. The van der Waals surface area contributed by atoms with Crippen LogP contribution >= 0.6 is 0 Å². The van der Waals surface area contributed by atoms with Crippen LogP contribution in [0.2, 0.25) is 0 Å². The minimum atomic E-state index is -4.45. The Kier molecular flexibility index (Phi) is 5.46. The molecule has 0 radical (unpaired) electrons. The first-order chi connectivity index (χ1) is 11.2. The van der Waals surface area contributed by atoms with E-state index in [9.17, 15) is 18.0 Å². The van der Waals surface area contributed by atoms with Crippen LogP contribution in [0, 0.1) is 0 Å². The fourth-order valence-corrected chi connectivity index (χ4v) is 3.06. The summed E-state index contributed by atoms with van der Waals surface area (Å²) in [5.74, 6) is -0.776. The lowest BCUT2D eigenvalue weighted by atomic mass is 10.1. The van der Waals surface area contributed by atoms with Crippen LogP contribution in [0.1, 0.15) is 36.0 Å². The summed E-state index contributed by atoms with van der Waals surface area (Å²) in [4.78, 5) is 14.2. The topological polar surface area (TPSA) is 70.4 Å². The molecule has 0 aromatic heterocycles. The molecule has 1 saturated carbocycles. The Morgan fingerprint density at radius 3 is 2.50 bits per heavy atom. The van der Waals surface area contributed by atoms with Crippen LogP contribution in [0.3, 0.4) is 0 Å². The number of amides is 1. The van der Waals surface area contributed by atoms with Gasteiger partial charge in [0.25, 0.3) is 5.91 Å². The van der Waals surface area contributed by atoms with Gasteiger partial charge in [-0.1, -0.05) is 12.8 Å². The highest BCUT2D eigenvalue weighted by Gasteiger charge is 2.29. The third-order valence-corrected chi connectivity index (χ3v) is 4.38. The van der Waals surface area contributed by atoms with Crippen molar-refractivity contribution in [3.05, 3.63) is 17.7 Å². The Hall–Kier alpha value is -2.12. The number of nitrogens with two attached hydrogens (primary N) is 1. The molecule has 1 aromatic rings. The predicted octanol–water partition coefficient (Wildman–Crippen LogP) is 2.98. The number of hydrogen-bond donors (Lipinski definition) is 3. The zero-order valence-electron chi connectivity index (χ0n) is 13.8. The predicted molar refractivity (Wildman–Crippen MR) is 89.4 cm³/mol. The van der Waals surface area contributed by atoms with E-state index >= 15 is 0 Å². The van der Waals surface area contributed by atoms with E-state index in [1.165, 1.54) is 6.07 Å². The van der Waals surface area contributed by atoms with E-state index in [0.29, 0.717) is 17.1 Å². The molecule has 1 aliphatic carbocycles. The van der Waals surface area contributed by atoms with E-state index in [-0.39, 0.29) is 11.6 Å². The average molecular weight is 344 g/mol. The second-order valence-corrected chi connectivity index (χ2v) is 6.05. The van der Waals surface area contributed by atoms with Gasteiger partial charge in [-0.2, -0.15) is 13.2 Å². The van der Waals surface area contributed by atoms with E-state index in [4.69, 9.17) is 5.73 Å². The van der Waals surface area contributed by atoms with Crippen molar-refractivity contribution in [3.8, 4) is 0 Å². The van der Waals surface area contributed by atoms with Gasteiger partial charge in [-0.05, 0) is 25.0 Å². The van der Waals surface area contributed by atoms with Crippen molar-refractivity contribution in [1.29, 1.82) is 0 Å². The molecular formula is C16H23F3N4O. The lowest BCUT2D eigenvalue weighted by Crippen LogP contribution is -2.36. The zero-order valence-corrected chi connectivity index (χ0v) is 13.8. The molecule has 0 heterocycles. The van der Waals surface area contributed by atoms with E-state index in [0.717, 1.165) is 25.7 Å². The molecule has 5 nitrogen and oxygen atoms in total. The molecule has 1 aliphatic rings. The Morgan fingerprint density at radius 2 is 1.96 bits per heavy atom. The number of nitrogens with zero attached hydrogens (tertiary/aromatic N) is 1. The maximum Gasteiger partial charge on any atom is 0.405 e. The lowest BCUT2D eigenvalue weighted by Gasteiger charge is -2.29. The minimum Gasteiger partial charge on any atom is -0.397 e. The first-order valence-electron chi connectivity index (χ1n) is 7.92. The zero-order chi connectivity index (χ0) is 17.9. The SMILES string of the molecule is CNc1cc(N(C)C2CCCC2)c(C(=O)NCC(F)(F)F)cc1N. The number of carbonyl (C=O) groups is 1. The number of carbonyl (C=O) groups excluding carboxylic acids is 1. The third kappa shape index (κ3) is 4.24. The van der Waals surface area contributed by atoms with Crippen LogP contribution in [0.15, 0.2) is 12.1 Å². The molecule has 1 amide bonds. The number of rotatable bonds is 5. The molecule has 0 bridgehead atoms. The average Bonchev–Trinajstić information content (AvgIpc) is 3.05. The molecule has 0 atom stereocenters. The first kappa shape index (κ1) is 18.2. The number of anilines is 3. The second kappa shape index (κ2) is 7.19. The molecule has 4 N–H and O–H groups in total. The van der Waals surface area contributed by atoms with E-state index in [2.05, 4.69) is 5.32 Å². The van der Waals surface area contributed by atoms with Crippen molar-refractivity contribution < 1.29 is 18.0 Å². The molecule has 1 aromatic carbocycles. The molecule has 2 rings (SSSR count). The first-order valence-corrected chi connectivity index (χ1v) is 7.92. The number of nitrogens with one attached hydrogen (secondary N) is 2. The molecule has 24 heavy (non-hydrogen) atoms. The van der Waals surface area contributed by atoms with Crippen molar-refractivity contribution in [2.24, 2.45) is 0 Å². The lowest BCUT2D eigenvalue weighted by molar-refractivity contribution is -0.123. The fourth-order valence-electron chi connectivity index (χ4n) is 3.06. The molecule has 8 heteroatoms. The van der Waals surface area contributed by atoms with Gasteiger partial charge in [0, 0.05) is 20.1 Å². The largest absolute Gasteiger partial charge is 0.405 e. The van der Waals surface area contributed by atoms with Gasteiger partial charge in [0.15, 0.2) is 0 Å². The maximum atomic E-state index is 12.4. The molecule has 134 valence electrons. The summed E-state index contributed by atoms with van der Waals surface area (Å²) in [5.41, 5.74) is 7.59. The van der Waals surface area contributed by atoms with Crippen LogP contribution in [0.4, 0.5) is 30.2 Å². The molecule has 1 fully saturated rings. The standard InChI is InChI=1S/C16H23F3N4O/c1-21-13-8-14(23(2)10-5-3-4-6-10)11(7-12(13)20)15(24)22-9-16(17,18)19/h7-8,10,21H,3-6,9,20H2,1-2H3,(H,22,24). The Bertz CT molecular complexity index is 598. The fraction of sp³-hybridized carbons (Fsp3) is 0.562. The summed E-state index contributed by atoms with van der Waals surface area (Å²) >= 11 is 0. The van der Waals surface area contributed by atoms with E-state index in [1.54, 1.807) is 13.1 Å². The van der Waals surface area contributed by atoms with Crippen molar-refractivity contribution in [3.63, 3.8) is 0 Å². The summed E-state index contributed by atoms with van der Waals surface area (Å²) in [5, 5.41) is 4.86. The highest BCUT2D eigenvalue weighted by Crippen LogP contribution is 2.34. The van der Waals surface area contributed by atoms with Gasteiger partial charge in [0.2, 0.25) is 0 Å². The number of benzene rings is 1. The van der Waals surface area contributed by atoms with Crippen LogP contribution in [0.25, 0.3) is 0 Å². The summed E-state index contributed by atoms with van der Waals surface area (Å²) in [6, 6.07) is 3.42. The highest BCUT2D eigenvalue weighted by atomic mass is 19.4. The molecule has 0 saturated heterocycles.